The number of ether oxygens (including phenoxy) is 1. The Bertz CT molecular complexity index is 164. The summed E-state index contributed by atoms with van der Waals surface area (Å²) in [4.78, 5) is 0. The lowest BCUT2D eigenvalue weighted by Crippen LogP contribution is -2.25. The van der Waals surface area contributed by atoms with Crippen LogP contribution in [0.5, 0.6) is 0 Å². The van der Waals surface area contributed by atoms with Crippen molar-refractivity contribution in [2.24, 2.45) is 0 Å². The third-order valence-electron chi connectivity index (χ3n) is 2.45. The molecule has 96 valence electrons. The molecule has 1 rings (SSSR count). The lowest BCUT2D eigenvalue weighted by atomic mass is 9.97. The van der Waals surface area contributed by atoms with Crippen LogP contribution in [-0.4, -0.2) is 5.60 Å². The molecule has 0 aromatic carbocycles. The van der Waals surface area contributed by atoms with Gasteiger partial charge in [0, 0.05) is 0 Å². The molecular weight excluding hydrogens is 198 g/mol. The van der Waals surface area contributed by atoms with Gasteiger partial charge in [-0.3, -0.25) is 0 Å². The SMILES string of the molecule is CC.CC1(OC#N)CCCCCC1.CCC. The molecule has 0 amide bonds. The van der Waals surface area contributed by atoms with Crippen molar-refractivity contribution < 1.29 is 4.74 Å². The number of nitriles is 1. The Kier molecular flexibility index (Phi) is 13.7. The zero-order valence-corrected chi connectivity index (χ0v) is 11.8. The second-order valence-electron chi connectivity index (χ2n) is 4.26. The second-order valence-corrected chi connectivity index (χ2v) is 4.26. The van der Waals surface area contributed by atoms with E-state index in [4.69, 9.17) is 10.00 Å². The van der Waals surface area contributed by atoms with Crippen LogP contribution in [0.15, 0.2) is 0 Å². The molecule has 0 heterocycles. The van der Waals surface area contributed by atoms with Crippen LogP contribution in [0.4, 0.5) is 0 Å². The van der Waals surface area contributed by atoms with E-state index in [2.05, 4.69) is 13.8 Å². The van der Waals surface area contributed by atoms with E-state index in [9.17, 15) is 0 Å². The minimum Gasteiger partial charge on any atom is -0.421 e. The maximum atomic E-state index is 8.40. The van der Waals surface area contributed by atoms with Gasteiger partial charge in [-0.25, -0.2) is 0 Å². The van der Waals surface area contributed by atoms with E-state index in [1.165, 1.54) is 32.1 Å². The van der Waals surface area contributed by atoms with E-state index in [0.717, 1.165) is 12.8 Å². The summed E-state index contributed by atoms with van der Waals surface area (Å²) in [7, 11) is 0. The smallest absolute Gasteiger partial charge is 0.286 e. The van der Waals surface area contributed by atoms with Crippen LogP contribution < -0.4 is 0 Å². The Balaban J connectivity index is 0. The Labute approximate surface area is 102 Å². The highest BCUT2D eigenvalue weighted by atomic mass is 16.5. The normalized spacial score (nSPS) is 17.5. The molecule has 0 unspecified atom stereocenters. The van der Waals surface area contributed by atoms with Crippen molar-refractivity contribution in [2.75, 3.05) is 0 Å². The number of nitrogens with zero attached hydrogens (tertiary/aromatic N) is 1. The number of rotatable bonds is 1. The van der Waals surface area contributed by atoms with Gasteiger partial charge < -0.3 is 4.74 Å². The fraction of sp³-hybridized carbons (Fsp3) is 0.929. The Morgan fingerprint density at radius 2 is 1.44 bits per heavy atom. The van der Waals surface area contributed by atoms with Gasteiger partial charge in [0.15, 0.2) is 0 Å². The maximum absolute atomic E-state index is 8.40. The van der Waals surface area contributed by atoms with E-state index in [1.807, 2.05) is 20.8 Å². The fourth-order valence-corrected chi connectivity index (χ4v) is 1.69. The van der Waals surface area contributed by atoms with E-state index >= 15 is 0 Å². The lowest BCUT2D eigenvalue weighted by molar-refractivity contribution is 0.0384. The zero-order chi connectivity index (χ0) is 12.9. The van der Waals surface area contributed by atoms with Gasteiger partial charge in [-0.2, -0.15) is 5.26 Å². The van der Waals surface area contributed by atoms with Crippen LogP contribution in [-0.2, 0) is 4.74 Å². The molecule has 2 nitrogen and oxygen atoms in total. The summed E-state index contributed by atoms with van der Waals surface area (Å²) >= 11 is 0. The number of hydrogen-bond donors (Lipinski definition) is 0. The first-order chi connectivity index (χ1) is 7.68. The first-order valence-electron chi connectivity index (χ1n) is 6.75. The monoisotopic (exact) mass is 227 g/mol. The van der Waals surface area contributed by atoms with Gasteiger partial charge in [-0.05, 0) is 32.6 Å². The highest BCUT2D eigenvalue weighted by molar-refractivity contribution is 4.80. The first kappa shape index (κ1) is 17.7. The molecule has 16 heavy (non-hydrogen) atoms. The summed E-state index contributed by atoms with van der Waals surface area (Å²) in [6.45, 7) is 10.3. The molecule has 0 aromatic heterocycles. The van der Waals surface area contributed by atoms with E-state index in [0.29, 0.717) is 0 Å². The standard InChI is InChI=1S/C9H15NO.C3H8.C2H6/c1-9(11-8-10)6-4-2-3-5-7-9;1-3-2;1-2/h2-7H2,1H3;3H2,1-2H3;1-2H3. The van der Waals surface area contributed by atoms with Gasteiger partial charge in [-0.1, -0.05) is 47.0 Å². The van der Waals surface area contributed by atoms with Gasteiger partial charge in [0.05, 0.1) is 0 Å². The highest BCUT2D eigenvalue weighted by Gasteiger charge is 2.26. The summed E-state index contributed by atoms with van der Waals surface area (Å²) < 4.78 is 5.06. The first-order valence-corrected chi connectivity index (χ1v) is 6.75. The molecule has 0 saturated heterocycles. The van der Waals surface area contributed by atoms with Gasteiger partial charge >= 0.3 is 0 Å². The Morgan fingerprint density at radius 1 is 1.06 bits per heavy atom. The van der Waals surface area contributed by atoms with Gasteiger partial charge in [0.2, 0.25) is 0 Å². The molecule has 0 radical (unpaired) electrons. The zero-order valence-electron chi connectivity index (χ0n) is 11.8. The molecule has 1 aliphatic rings. The molecule has 0 spiro atoms. The van der Waals surface area contributed by atoms with Crippen LogP contribution in [0.1, 0.15) is 79.6 Å². The van der Waals surface area contributed by atoms with Gasteiger partial charge in [-0.15, -0.1) is 0 Å². The van der Waals surface area contributed by atoms with Crippen LogP contribution >= 0.6 is 0 Å². The number of hydrogen-bond acceptors (Lipinski definition) is 2. The summed E-state index contributed by atoms with van der Waals surface area (Å²) in [6, 6.07) is 0. The quantitative estimate of drug-likeness (QED) is 0.464. The summed E-state index contributed by atoms with van der Waals surface area (Å²) in [5.41, 5.74) is -0.148. The highest BCUT2D eigenvalue weighted by Crippen LogP contribution is 2.29. The lowest BCUT2D eigenvalue weighted by Gasteiger charge is -2.23. The molecule has 0 aromatic rings. The van der Waals surface area contributed by atoms with Crippen molar-refractivity contribution in [3.05, 3.63) is 0 Å². The van der Waals surface area contributed by atoms with Crippen molar-refractivity contribution in [1.82, 2.24) is 0 Å². The minimum absolute atomic E-state index is 0.148. The van der Waals surface area contributed by atoms with Gasteiger partial charge in [0.1, 0.15) is 5.60 Å². The molecule has 1 aliphatic carbocycles. The van der Waals surface area contributed by atoms with Crippen LogP contribution in [0.2, 0.25) is 0 Å². The summed E-state index contributed by atoms with van der Waals surface area (Å²) in [5, 5.41) is 8.40. The summed E-state index contributed by atoms with van der Waals surface area (Å²) in [6.07, 6.45) is 10.1. The molecule has 0 aliphatic heterocycles. The maximum Gasteiger partial charge on any atom is 0.286 e. The third-order valence-corrected chi connectivity index (χ3v) is 2.45. The largest absolute Gasteiger partial charge is 0.421 e. The Hall–Kier alpha value is -0.710. The molecule has 0 atom stereocenters. The molecule has 0 bridgehead atoms. The third kappa shape index (κ3) is 9.83. The van der Waals surface area contributed by atoms with E-state index in [-0.39, 0.29) is 5.60 Å². The summed E-state index contributed by atoms with van der Waals surface area (Å²) in [5.74, 6) is 0. The van der Waals surface area contributed by atoms with E-state index in [1.54, 1.807) is 6.26 Å². The van der Waals surface area contributed by atoms with Crippen LogP contribution in [0.3, 0.4) is 0 Å². The van der Waals surface area contributed by atoms with Crippen molar-refractivity contribution in [3.8, 4) is 6.26 Å². The minimum atomic E-state index is -0.148. The average Bonchev–Trinajstić information content (AvgIpc) is 2.48. The van der Waals surface area contributed by atoms with Crippen LogP contribution in [0.25, 0.3) is 0 Å². The van der Waals surface area contributed by atoms with Gasteiger partial charge in [0.25, 0.3) is 6.26 Å². The second kappa shape index (κ2) is 12.4. The topological polar surface area (TPSA) is 33.0 Å². The molecule has 2 heteroatoms. The molecule has 1 fully saturated rings. The molecule has 1 saturated carbocycles. The average molecular weight is 227 g/mol. The Morgan fingerprint density at radius 3 is 1.75 bits per heavy atom. The fourth-order valence-electron chi connectivity index (χ4n) is 1.69. The van der Waals surface area contributed by atoms with Crippen molar-refractivity contribution in [3.63, 3.8) is 0 Å². The van der Waals surface area contributed by atoms with Crippen LogP contribution in [0, 0.1) is 11.5 Å². The van der Waals surface area contributed by atoms with Crippen molar-refractivity contribution in [2.45, 2.75) is 85.2 Å². The van der Waals surface area contributed by atoms with Crippen molar-refractivity contribution in [1.29, 1.82) is 5.26 Å². The molecular formula is C14H29NO. The molecule has 0 N–H and O–H groups in total. The predicted molar refractivity (Wildman–Crippen MR) is 70.1 cm³/mol. The van der Waals surface area contributed by atoms with Crippen molar-refractivity contribution >= 4 is 0 Å². The predicted octanol–water partition coefficient (Wildman–Crippen LogP) is 5.04. The van der Waals surface area contributed by atoms with E-state index < -0.39 is 0 Å².